The van der Waals surface area contributed by atoms with Crippen LogP contribution in [0.4, 0.5) is 4.79 Å². The minimum absolute atomic E-state index is 0.0599. The van der Waals surface area contributed by atoms with Gasteiger partial charge in [-0.2, -0.15) is 0 Å². The topological polar surface area (TPSA) is 55.3 Å². The van der Waals surface area contributed by atoms with Crippen molar-refractivity contribution >= 4 is 28.8 Å². The van der Waals surface area contributed by atoms with Crippen LogP contribution in [-0.4, -0.2) is 33.1 Å². The molecular formula is C30H33N3O2S2. The third kappa shape index (κ3) is 6.65. The minimum atomic E-state index is -0.533. The number of benzene rings is 2. The number of thiazole rings is 2. The third-order valence-corrected chi connectivity index (χ3v) is 8.76. The van der Waals surface area contributed by atoms with E-state index in [0.29, 0.717) is 12.5 Å². The van der Waals surface area contributed by atoms with Gasteiger partial charge in [0.05, 0.1) is 16.1 Å². The predicted molar refractivity (Wildman–Crippen MR) is 150 cm³/mol. The number of piperidine rings is 1. The molecule has 0 saturated carbocycles. The van der Waals surface area contributed by atoms with Gasteiger partial charge in [0.2, 0.25) is 0 Å². The lowest BCUT2D eigenvalue weighted by Gasteiger charge is -2.39. The van der Waals surface area contributed by atoms with Crippen molar-refractivity contribution in [2.75, 3.05) is 6.54 Å². The van der Waals surface area contributed by atoms with Gasteiger partial charge < -0.3 is 9.64 Å². The molecular weight excluding hydrogens is 498 g/mol. The Bertz CT molecular complexity index is 1310. The van der Waals surface area contributed by atoms with E-state index in [4.69, 9.17) is 14.7 Å². The summed E-state index contributed by atoms with van der Waals surface area (Å²) in [6.45, 7) is 6.41. The number of nitrogens with zero attached hydrogens (tertiary/aromatic N) is 3. The fourth-order valence-corrected chi connectivity index (χ4v) is 6.91. The molecule has 2 unspecified atom stereocenters. The molecule has 192 valence electrons. The van der Waals surface area contributed by atoms with E-state index in [9.17, 15) is 4.79 Å². The quantitative estimate of drug-likeness (QED) is 0.257. The number of amides is 1. The lowest BCUT2D eigenvalue weighted by Crippen LogP contribution is -2.43. The number of likely N-dealkylation sites (tertiary alicyclic amines) is 1. The van der Waals surface area contributed by atoms with Crippen LogP contribution in [0.25, 0.3) is 0 Å². The molecule has 0 spiro atoms. The zero-order valence-corrected chi connectivity index (χ0v) is 23.2. The molecule has 2 aromatic carbocycles. The largest absolute Gasteiger partial charge is 0.444 e. The highest BCUT2D eigenvalue weighted by molar-refractivity contribution is 7.12. The first-order valence-electron chi connectivity index (χ1n) is 12.8. The van der Waals surface area contributed by atoms with E-state index in [0.717, 1.165) is 40.6 Å². The average molecular weight is 532 g/mol. The van der Waals surface area contributed by atoms with Crippen molar-refractivity contribution in [3.8, 4) is 0 Å². The summed E-state index contributed by atoms with van der Waals surface area (Å²) < 4.78 is 5.80. The molecule has 1 aliphatic rings. The summed E-state index contributed by atoms with van der Waals surface area (Å²) in [6.07, 6.45) is 7.15. The average Bonchev–Trinajstić information content (AvgIpc) is 3.54. The van der Waals surface area contributed by atoms with Gasteiger partial charge in [0.1, 0.15) is 5.60 Å². The molecule has 0 N–H and O–H groups in total. The molecule has 1 amide bonds. The SMILES string of the molecule is CC(C)(C)OC(=O)N1CCC(c2cnc(Cc3ccccc3)s2)CC1c1cnc(Cc2ccccc2)s1. The van der Waals surface area contributed by atoms with Gasteiger partial charge in [0.15, 0.2) is 0 Å². The molecule has 1 saturated heterocycles. The number of rotatable bonds is 6. The molecule has 2 atom stereocenters. The Hall–Kier alpha value is -3.03. The number of aromatic nitrogens is 2. The van der Waals surface area contributed by atoms with Crippen LogP contribution in [0.5, 0.6) is 0 Å². The van der Waals surface area contributed by atoms with Crippen LogP contribution in [0, 0.1) is 0 Å². The molecule has 3 heterocycles. The summed E-state index contributed by atoms with van der Waals surface area (Å²) in [5, 5.41) is 2.20. The maximum Gasteiger partial charge on any atom is 0.410 e. The fourth-order valence-electron chi connectivity index (χ4n) is 4.73. The highest BCUT2D eigenvalue weighted by Crippen LogP contribution is 2.43. The van der Waals surface area contributed by atoms with Crippen molar-refractivity contribution < 1.29 is 9.53 Å². The van der Waals surface area contributed by atoms with Gasteiger partial charge in [-0.05, 0) is 50.7 Å². The summed E-state index contributed by atoms with van der Waals surface area (Å²) in [5.41, 5.74) is 1.98. The summed E-state index contributed by atoms with van der Waals surface area (Å²) >= 11 is 3.50. The normalized spacial score (nSPS) is 18.1. The van der Waals surface area contributed by atoms with E-state index >= 15 is 0 Å². The molecule has 7 heteroatoms. The second-order valence-corrected chi connectivity index (χ2v) is 12.8. The molecule has 5 nitrogen and oxygen atoms in total. The van der Waals surface area contributed by atoms with E-state index in [1.54, 1.807) is 22.7 Å². The number of hydrogen-bond acceptors (Lipinski definition) is 6. The highest BCUT2D eigenvalue weighted by atomic mass is 32.1. The Morgan fingerprint density at radius 1 is 0.892 bits per heavy atom. The summed E-state index contributed by atoms with van der Waals surface area (Å²) in [7, 11) is 0. The van der Waals surface area contributed by atoms with E-state index in [1.165, 1.54) is 16.0 Å². The number of ether oxygens (including phenoxy) is 1. The Morgan fingerprint density at radius 2 is 1.43 bits per heavy atom. The van der Waals surface area contributed by atoms with Crippen molar-refractivity contribution in [1.29, 1.82) is 0 Å². The first kappa shape index (κ1) is 25.6. The van der Waals surface area contributed by atoms with Gasteiger partial charge in [-0.3, -0.25) is 0 Å². The van der Waals surface area contributed by atoms with Gasteiger partial charge >= 0.3 is 6.09 Å². The minimum Gasteiger partial charge on any atom is -0.444 e. The van der Waals surface area contributed by atoms with Crippen molar-refractivity contribution in [2.24, 2.45) is 0 Å². The van der Waals surface area contributed by atoms with Gasteiger partial charge in [-0.1, -0.05) is 60.7 Å². The second kappa shape index (κ2) is 11.2. The first-order valence-corrected chi connectivity index (χ1v) is 14.4. The molecule has 1 aliphatic heterocycles. The van der Waals surface area contributed by atoms with E-state index in [-0.39, 0.29) is 12.1 Å². The van der Waals surface area contributed by atoms with E-state index in [2.05, 4.69) is 48.5 Å². The summed E-state index contributed by atoms with van der Waals surface area (Å²) in [5.74, 6) is 0.352. The number of carbonyl (C=O) groups is 1. The fraction of sp³-hybridized carbons (Fsp3) is 0.367. The Balaban J connectivity index is 1.36. The number of carbonyl (C=O) groups excluding carboxylic acids is 1. The molecule has 0 aliphatic carbocycles. The summed E-state index contributed by atoms with van der Waals surface area (Å²) in [4.78, 5) is 27.0. The van der Waals surface area contributed by atoms with Crippen LogP contribution in [-0.2, 0) is 17.6 Å². The van der Waals surface area contributed by atoms with Crippen LogP contribution >= 0.6 is 22.7 Å². The Labute approximate surface area is 227 Å². The lowest BCUT2D eigenvalue weighted by atomic mass is 9.89. The van der Waals surface area contributed by atoms with Crippen molar-refractivity contribution in [3.63, 3.8) is 0 Å². The molecule has 2 aromatic heterocycles. The van der Waals surface area contributed by atoms with Crippen LogP contribution in [0.3, 0.4) is 0 Å². The Kier molecular flexibility index (Phi) is 7.72. The zero-order chi connectivity index (χ0) is 25.8. The van der Waals surface area contributed by atoms with Crippen LogP contribution in [0.15, 0.2) is 73.1 Å². The predicted octanol–water partition coefficient (Wildman–Crippen LogP) is 7.64. The maximum absolute atomic E-state index is 13.2. The third-order valence-electron chi connectivity index (χ3n) is 6.50. The van der Waals surface area contributed by atoms with Crippen LogP contribution < -0.4 is 0 Å². The maximum atomic E-state index is 13.2. The molecule has 1 fully saturated rings. The smallest absolute Gasteiger partial charge is 0.410 e. The first-order chi connectivity index (χ1) is 17.8. The molecule has 0 bridgehead atoms. The summed E-state index contributed by atoms with van der Waals surface area (Å²) in [6, 6.07) is 20.8. The number of hydrogen-bond donors (Lipinski definition) is 0. The van der Waals surface area contributed by atoms with Crippen LogP contribution in [0.2, 0.25) is 0 Å². The lowest BCUT2D eigenvalue weighted by molar-refractivity contribution is 0.00818. The zero-order valence-electron chi connectivity index (χ0n) is 21.6. The van der Waals surface area contributed by atoms with Crippen molar-refractivity contribution in [3.05, 3.63) is 104 Å². The van der Waals surface area contributed by atoms with Gasteiger partial charge in [0, 0.05) is 41.5 Å². The monoisotopic (exact) mass is 531 g/mol. The van der Waals surface area contributed by atoms with Gasteiger partial charge in [-0.25, -0.2) is 14.8 Å². The van der Waals surface area contributed by atoms with Crippen molar-refractivity contribution in [1.82, 2.24) is 14.9 Å². The second-order valence-electron chi connectivity index (χ2n) is 10.5. The molecule has 5 rings (SSSR count). The molecule has 37 heavy (non-hydrogen) atoms. The van der Waals surface area contributed by atoms with Gasteiger partial charge in [-0.15, -0.1) is 22.7 Å². The van der Waals surface area contributed by atoms with Crippen molar-refractivity contribution in [2.45, 2.75) is 64.0 Å². The van der Waals surface area contributed by atoms with E-state index < -0.39 is 5.60 Å². The highest BCUT2D eigenvalue weighted by Gasteiger charge is 2.37. The van der Waals surface area contributed by atoms with Crippen LogP contribution in [0.1, 0.15) is 76.5 Å². The van der Waals surface area contributed by atoms with E-state index in [1.807, 2.05) is 50.2 Å². The standard InChI is InChI=1S/C30H33N3O2S2/c1-30(2,3)35-29(34)33-15-14-23(25-19-31-27(36-25)16-21-10-6-4-7-11-21)18-24(33)26-20-32-28(37-26)17-22-12-8-5-9-13-22/h4-13,19-20,23-24H,14-18H2,1-3H3. The van der Waals surface area contributed by atoms with Gasteiger partial charge in [0.25, 0.3) is 0 Å². The Morgan fingerprint density at radius 3 is 2.00 bits per heavy atom. The molecule has 0 radical (unpaired) electrons. The molecule has 4 aromatic rings.